The van der Waals surface area contributed by atoms with E-state index in [1.807, 2.05) is 6.92 Å². The third kappa shape index (κ3) is 2.42. The quantitative estimate of drug-likeness (QED) is 0.728. The molecule has 0 bridgehead atoms. The van der Waals surface area contributed by atoms with Gasteiger partial charge >= 0.3 is 5.97 Å². The molecular weight excluding hydrogens is 182 g/mol. The van der Waals surface area contributed by atoms with Crippen molar-refractivity contribution in [3.63, 3.8) is 0 Å². The molecule has 76 valence electrons. The third-order valence-electron chi connectivity index (χ3n) is 1.87. The van der Waals surface area contributed by atoms with Gasteiger partial charge in [-0.15, -0.1) is 0 Å². The summed E-state index contributed by atoms with van der Waals surface area (Å²) >= 11 is 0. The number of aryl methyl sites for hydroxylation is 2. The van der Waals surface area contributed by atoms with Gasteiger partial charge in [0.2, 0.25) is 0 Å². The van der Waals surface area contributed by atoms with E-state index < -0.39 is 5.97 Å². The van der Waals surface area contributed by atoms with E-state index in [0.29, 0.717) is 17.9 Å². The minimum Gasteiger partial charge on any atom is -0.478 e. The SMILES string of the molecule is CC(=CCn1nc(C)nc1C)C(=O)O. The fourth-order valence-electron chi connectivity index (χ4n) is 1.04. The predicted octanol–water partition coefficient (Wildman–Crippen LogP) is 0.926. The van der Waals surface area contributed by atoms with E-state index in [2.05, 4.69) is 10.1 Å². The molecule has 0 radical (unpaired) electrons. The maximum absolute atomic E-state index is 10.5. The highest BCUT2D eigenvalue weighted by Crippen LogP contribution is 1.98. The molecule has 0 spiro atoms. The normalized spacial score (nSPS) is 11.8. The van der Waals surface area contributed by atoms with Gasteiger partial charge in [-0.25, -0.2) is 14.5 Å². The van der Waals surface area contributed by atoms with Crippen LogP contribution in [0.5, 0.6) is 0 Å². The van der Waals surface area contributed by atoms with Crippen LogP contribution in [0.15, 0.2) is 11.6 Å². The first-order valence-electron chi connectivity index (χ1n) is 4.29. The zero-order valence-electron chi connectivity index (χ0n) is 8.48. The molecule has 0 atom stereocenters. The summed E-state index contributed by atoms with van der Waals surface area (Å²) in [6.45, 7) is 5.65. The fraction of sp³-hybridized carbons (Fsp3) is 0.444. The first-order chi connectivity index (χ1) is 6.50. The van der Waals surface area contributed by atoms with Crippen LogP contribution in [-0.4, -0.2) is 25.8 Å². The molecule has 0 saturated carbocycles. The molecular formula is C9H13N3O2. The van der Waals surface area contributed by atoms with Crippen LogP contribution in [0.25, 0.3) is 0 Å². The lowest BCUT2D eigenvalue weighted by Crippen LogP contribution is -2.03. The minimum atomic E-state index is -0.903. The lowest BCUT2D eigenvalue weighted by Gasteiger charge is -1.98. The molecule has 0 fully saturated rings. The number of aromatic nitrogens is 3. The van der Waals surface area contributed by atoms with Crippen molar-refractivity contribution in [1.29, 1.82) is 0 Å². The molecule has 0 aliphatic heterocycles. The first kappa shape index (κ1) is 10.4. The van der Waals surface area contributed by atoms with E-state index >= 15 is 0 Å². The highest BCUT2D eigenvalue weighted by Gasteiger charge is 2.02. The van der Waals surface area contributed by atoms with Gasteiger partial charge in [0.15, 0.2) is 0 Å². The molecule has 1 rings (SSSR count). The number of rotatable bonds is 3. The summed E-state index contributed by atoms with van der Waals surface area (Å²) in [5.74, 6) is 0.584. The fourth-order valence-corrected chi connectivity index (χ4v) is 1.04. The molecule has 1 heterocycles. The van der Waals surface area contributed by atoms with Crippen molar-refractivity contribution in [2.75, 3.05) is 0 Å². The van der Waals surface area contributed by atoms with Crippen LogP contribution < -0.4 is 0 Å². The smallest absolute Gasteiger partial charge is 0.331 e. The first-order valence-corrected chi connectivity index (χ1v) is 4.29. The lowest BCUT2D eigenvalue weighted by molar-refractivity contribution is -0.132. The van der Waals surface area contributed by atoms with Crippen LogP contribution in [0.1, 0.15) is 18.6 Å². The van der Waals surface area contributed by atoms with Crippen molar-refractivity contribution in [2.24, 2.45) is 0 Å². The highest BCUT2D eigenvalue weighted by atomic mass is 16.4. The van der Waals surface area contributed by atoms with E-state index in [0.717, 1.165) is 5.82 Å². The van der Waals surface area contributed by atoms with Gasteiger partial charge in [-0.2, -0.15) is 5.10 Å². The molecule has 0 amide bonds. The van der Waals surface area contributed by atoms with Crippen molar-refractivity contribution in [3.8, 4) is 0 Å². The van der Waals surface area contributed by atoms with E-state index in [9.17, 15) is 4.79 Å². The zero-order chi connectivity index (χ0) is 10.7. The third-order valence-corrected chi connectivity index (χ3v) is 1.87. The van der Waals surface area contributed by atoms with Crippen LogP contribution in [0.3, 0.4) is 0 Å². The number of nitrogens with zero attached hydrogens (tertiary/aromatic N) is 3. The molecule has 0 saturated heterocycles. The van der Waals surface area contributed by atoms with Gasteiger partial charge < -0.3 is 5.11 Å². The summed E-state index contributed by atoms with van der Waals surface area (Å²) in [6.07, 6.45) is 1.61. The van der Waals surface area contributed by atoms with E-state index in [1.165, 1.54) is 0 Å². The predicted molar refractivity (Wildman–Crippen MR) is 50.9 cm³/mol. The Balaban J connectivity index is 2.75. The number of carboxylic acids is 1. The molecule has 5 nitrogen and oxygen atoms in total. The summed E-state index contributed by atoms with van der Waals surface area (Å²) in [6, 6.07) is 0. The van der Waals surface area contributed by atoms with Crippen molar-refractivity contribution >= 4 is 5.97 Å². The lowest BCUT2D eigenvalue weighted by atomic mass is 10.3. The van der Waals surface area contributed by atoms with Crippen molar-refractivity contribution in [3.05, 3.63) is 23.3 Å². The summed E-state index contributed by atoms with van der Waals surface area (Å²) < 4.78 is 1.67. The molecule has 0 aliphatic rings. The maximum atomic E-state index is 10.5. The van der Waals surface area contributed by atoms with Gasteiger partial charge in [0.1, 0.15) is 11.6 Å². The number of hydrogen-bond acceptors (Lipinski definition) is 3. The molecule has 1 N–H and O–H groups in total. The van der Waals surface area contributed by atoms with Gasteiger partial charge in [-0.05, 0) is 20.8 Å². The molecule has 14 heavy (non-hydrogen) atoms. The molecule has 1 aromatic heterocycles. The van der Waals surface area contributed by atoms with Crippen molar-refractivity contribution in [1.82, 2.24) is 14.8 Å². The van der Waals surface area contributed by atoms with Crippen molar-refractivity contribution < 1.29 is 9.90 Å². The highest BCUT2D eigenvalue weighted by molar-refractivity contribution is 5.85. The molecule has 1 aromatic rings. The molecule has 5 heteroatoms. The summed E-state index contributed by atoms with van der Waals surface area (Å²) in [7, 11) is 0. The number of allylic oxidation sites excluding steroid dienone is 1. The van der Waals surface area contributed by atoms with Gasteiger partial charge in [-0.1, -0.05) is 6.08 Å². The summed E-state index contributed by atoms with van der Waals surface area (Å²) in [4.78, 5) is 14.6. The Morgan fingerprint density at radius 2 is 2.21 bits per heavy atom. The van der Waals surface area contributed by atoms with Crippen LogP contribution >= 0.6 is 0 Å². The average Bonchev–Trinajstić information content (AvgIpc) is 2.40. The number of carboxylic acid groups (broad SMARTS) is 1. The van der Waals surface area contributed by atoms with Crippen LogP contribution in [0.4, 0.5) is 0 Å². The monoisotopic (exact) mass is 195 g/mol. The minimum absolute atomic E-state index is 0.317. The molecule has 0 aromatic carbocycles. The van der Waals surface area contributed by atoms with Crippen LogP contribution in [0.2, 0.25) is 0 Å². The van der Waals surface area contributed by atoms with Crippen LogP contribution in [-0.2, 0) is 11.3 Å². The summed E-state index contributed by atoms with van der Waals surface area (Å²) in [5.41, 5.74) is 0.317. The number of aliphatic carboxylic acids is 1. The zero-order valence-corrected chi connectivity index (χ0v) is 8.48. The Morgan fingerprint density at radius 3 is 2.64 bits per heavy atom. The Labute approximate surface area is 82.1 Å². The van der Waals surface area contributed by atoms with E-state index in [4.69, 9.17) is 5.11 Å². The maximum Gasteiger partial charge on any atom is 0.331 e. The number of hydrogen-bond donors (Lipinski definition) is 1. The van der Waals surface area contributed by atoms with Gasteiger partial charge in [-0.3, -0.25) is 0 Å². The summed E-state index contributed by atoms with van der Waals surface area (Å²) in [5, 5.41) is 12.7. The van der Waals surface area contributed by atoms with E-state index in [-0.39, 0.29) is 0 Å². The Hall–Kier alpha value is -1.65. The Bertz CT molecular complexity index is 379. The number of carbonyl (C=O) groups is 1. The van der Waals surface area contributed by atoms with Gasteiger partial charge in [0.25, 0.3) is 0 Å². The molecule has 0 aliphatic carbocycles. The van der Waals surface area contributed by atoms with Crippen molar-refractivity contribution in [2.45, 2.75) is 27.3 Å². The second kappa shape index (κ2) is 4.04. The molecule has 0 unspecified atom stereocenters. The van der Waals surface area contributed by atoms with Crippen LogP contribution in [0, 0.1) is 13.8 Å². The van der Waals surface area contributed by atoms with Gasteiger partial charge in [0, 0.05) is 5.57 Å². The largest absolute Gasteiger partial charge is 0.478 e. The average molecular weight is 195 g/mol. The topological polar surface area (TPSA) is 68.0 Å². The second-order valence-corrected chi connectivity index (χ2v) is 3.08. The Kier molecular flexibility index (Phi) is 3.01. The standard InChI is InChI=1S/C9H13N3O2/c1-6(9(13)14)4-5-12-8(3)10-7(2)11-12/h4H,5H2,1-3H3,(H,13,14). The second-order valence-electron chi connectivity index (χ2n) is 3.08. The van der Waals surface area contributed by atoms with Gasteiger partial charge in [0.05, 0.1) is 6.54 Å². The van der Waals surface area contributed by atoms with E-state index in [1.54, 1.807) is 24.6 Å². The Morgan fingerprint density at radius 1 is 1.57 bits per heavy atom.